The Morgan fingerprint density at radius 2 is 2.21 bits per heavy atom. The Balaban J connectivity index is 2.90. The SMILES string of the molecule is Cc1nn(C)c2c(CN)cc(Br)cc12. The minimum absolute atomic E-state index is 0.537. The first-order valence-corrected chi connectivity index (χ1v) is 5.24. The number of benzene rings is 1. The van der Waals surface area contributed by atoms with Crippen LogP contribution in [0.5, 0.6) is 0 Å². The molecule has 14 heavy (non-hydrogen) atoms. The van der Waals surface area contributed by atoms with E-state index in [4.69, 9.17) is 5.73 Å². The lowest BCUT2D eigenvalue weighted by molar-refractivity contribution is 0.778. The van der Waals surface area contributed by atoms with Gasteiger partial charge in [-0.05, 0) is 24.6 Å². The minimum Gasteiger partial charge on any atom is -0.326 e. The average Bonchev–Trinajstić information content (AvgIpc) is 2.41. The summed E-state index contributed by atoms with van der Waals surface area (Å²) in [5.41, 5.74) is 9.00. The normalized spacial score (nSPS) is 11.1. The molecule has 0 saturated heterocycles. The van der Waals surface area contributed by atoms with E-state index in [2.05, 4.69) is 27.1 Å². The van der Waals surface area contributed by atoms with Crippen LogP contribution in [0.4, 0.5) is 0 Å². The van der Waals surface area contributed by atoms with Gasteiger partial charge in [-0.1, -0.05) is 15.9 Å². The van der Waals surface area contributed by atoms with Gasteiger partial charge in [-0.25, -0.2) is 0 Å². The second-order valence-corrected chi connectivity index (χ2v) is 4.29. The highest BCUT2D eigenvalue weighted by Crippen LogP contribution is 2.25. The van der Waals surface area contributed by atoms with Crippen LogP contribution in [0.3, 0.4) is 0 Å². The first kappa shape index (κ1) is 9.68. The molecule has 0 aliphatic rings. The maximum Gasteiger partial charge on any atom is 0.0727 e. The van der Waals surface area contributed by atoms with Gasteiger partial charge in [0.15, 0.2) is 0 Å². The molecule has 1 aromatic heterocycles. The number of nitrogens with zero attached hydrogens (tertiary/aromatic N) is 2. The van der Waals surface area contributed by atoms with Gasteiger partial charge in [0.05, 0.1) is 11.2 Å². The molecule has 3 nitrogen and oxygen atoms in total. The Bertz CT molecular complexity index is 488. The van der Waals surface area contributed by atoms with Crippen molar-refractivity contribution >= 4 is 26.8 Å². The monoisotopic (exact) mass is 253 g/mol. The van der Waals surface area contributed by atoms with Crippen molar-refractivity contribution in [2.45, 2.75) is 13.5 Å². The van der Waals surface area contributed by atoms with Crippen LogP contribution in [0.1, 0.15) is 11.3 Å². The second-order valence-electron chi connectivity index (χ2n) is 3.37. The molecule has 74 valence electrons. The van der Waals surface area contributed by atoms with Crippen LogP contribution >= 0.6 is 15.9 Å². The Morgan fingerprint density at radius 3 is 2.86 bits per heavy atom. The van der Waals surface area contributed by atoms with E-state index in [0.29, 0.717) is 6.54 Å². The van der Waals surface area contributed by atoms with Crippen molar-refractivity contribution in [1.82, 2.24) is 9.78 Å². The fourth-order valence-electron chi connectivity index (χ4n) is 1.80. The van der Waals surface area contributed by atoms with Gasteiger partial charge in [0.1, 0.15) is 0 Å². The van der Waals surface area contributed by atoms with Crippen molar-refractivity contribution in [3.05, 3.63) is 27.9 Å². The van der Waals surface area contributed by atoms with E-state index in [1.165, 1.54) is 5.39 Å². The summed E-state index contributed by atoms with van der Waals surface area (Å²) in [4.78, 5) is 0. The molecular formula is C10H12BrN3. The van der Waals surface area contributed by atoms with Crippen LogP contribution in [0.2, 0.25) is 0 Å². The van der Waals surface area contributed by atoms with E-state index in [1.54, 1.807) is 0 Å². The molecule has 4 heteroatoms. The highest BCUT2D eigenvalue weighted by atomic mass is 79.9. The van der Waals surface area contributed by atoms with Crippen LogP contribution in [-0.2, 0) is 13.6 Å². The number of aryl methyl sites for hydroxylation is 2. The first-order valence-electron chi connectivity index (χ1n) is 4.45. The Hall–Kier alpha value is -0.870. The van der Waals surface area contributed by atoms with Gasteiger partial charge >= 0.3 is 0 Å². The molecule has 0 spiro atoms. The molecule has 0 aliphatic carbocycles. The minimum atomic E-state index is 0.537. The zero-order chi connectivity index (χ0) is 10.3. The summed E-state index contributed by atoms with van der Waals surface area (Å²) in [7, 11) is 1.95. The average molecular weight is 254 g/mol. The summed E-state index contributed by atoms with van der Waals surface area (Å²) in [6.45, 7) is 2.55. The second kappa shape index (κ2) is 3.37. The largest absolute Gasteiger partial charge is 0.326 e. The molecule has 0 amide bonds. The molecule has 0 atom stereocenters. The molecule has 2 aromatic rings. The van der Waals surface area contributed by atoms with Crippen molar-refractivity contribution in [3.8, 4) is 0 Å². The van der Waals surface area contributed by atoms with Crippen molar-refractivity contribution in [3.63, 3.8) is 0 Å². The van der Waals surface area contributed by atoms with E-state index in [1.807, 2.05) is 24.7 Å². The maximum absolute atomic E-state index is 5.70. The predicted octanol–water partition coefficient (Wildman–Crippen LogP) is 2.10. The molecular weight excluding hydrogens is 242 g/mol. The van der Waals surface area contributed by atoms with Gasteiger partial charge in [-0.3, -0.25) is 4.68 Å². The van der Waals surface area contributed by atoms with Gasteiger partial charge in [-0.2, -0.15) is 5.10 Å². The highest BCUT2D eigenvalue weighted by Gasteiger charge is 2.09. The number of hydrogen-bond acceptors (Lipinski definition) is 2. The number of halogens is 1. The third kappa shape index (κ3) is 1.35. The van der Waals surface area contributed by atoms with Gasteiger partial charge in [0.2, 0.25) is 0 Å². The molecule has 0 unspecified atom stereocenters. The summed E-state index contributed by atoms with van der Waals surface area (Å²) in [6, 6.07) is 4.13. The summed E-state index contributed by atoms with van der Waals surface area (Å²) < 4.78 is 2.95. The zero-order valence-electron chi connectivity index (χ0n) is 8.21. The highest BCUT2D eigenvalue weighted by molar-refractivity contribution is 9.10. The van der Waals surface area contributed by atoms with E-state index in [0.717, 1.165) is 21.2 Å². The number of hydrogen-bond donors (Lipinski definition) is 1. The molecule has 1 heterocycles. The lowest BCUT2D eigenvalue weighted by Crippen LogP contribution is -2.00. The smallest absolute Gasteiger partial charge is 0.0727 e. The van der Waals surface area contributed by atoms with E-state index in [9.17, 15) is 0 Å². The third-order valence-electron chi connectivity index (χ3n) is 2.39. The van der Waals surface area contributed by atoms with Crippen LogP contribution in [0, 0.1) is 6.92 Å². The van der Waals surface area contributed by atoms with Crippen molar-refractivity contribution in [2.75, 3.05) is 0 Å². The van der Waals surface area contributed by atoms with E-state index in [-0.39, 0.29) is 0 Å². The van der Waals surface area contributed by atoms with Crippen LogP contribution in [-0.4, -0.2) is 9.78 Å². The van der Waals surface area contributed by atoms with Crippen LogP contribution in [0.25, 0.3) is 10.9 Å². The molecule has 0 saturated carbocycles. The summed E-state index contributed by atoms with van der Waals surface area (Å²) in [5.74, 6) is 0. The lowest BCUT2D eigenvalue weighted by Gasteiger charge is -2.03. The summed E-state index contributed by atoms with van der Waals surface area (Å²) >= 11 is 3.47. The Labute approximate surface area is 91.0 Å². The van der Waals surface area contributed by atoms with Gasteiger partial charge in [0, 0.05) is 23.5 Å². The van der Waals surface area contributed by atoms with Crippen molar-refractivity contribution < 1.29 is 0 Å². The maximum atomic E-state index is 5.70. The van der Waals surface area contributed by atoms with Gasteiger partial charge in [-0.15, -0.1) is 0 Å². The fourth-order valence-corrected chi connectivity index (χ4v) is 2.30. The van der Waals surface area contributed by atoms with Crippen molar-refractivity contribution in [1.29, 1.82) is 0 Å². The molecule has 1 aromatic carbocycles. The topological polar surface area (TPSA) is 43.8 Å². The Kier molecular flexibility index (Phi) is 2.33. The quantitative estimate of drug-likeness (QED) is 0.846. The zero-order valence-corrected chi connectivity index (χ0v) is 9.80. The van der Waals surface area contributed by atoms with Gasteiger partial charge < -0.3 is 5.73 Å². The lowest BCUT2D eigenvalue weighted by atomic mass is 10.1. The Morgan fingerprint density at radius 1 is 1.50 bits per heavy atom. The molecule has 2 N–H and O–H groups in total. The first-order chi connectivity index (χ1) is 6.63. The van der Waals surface area contributed by atoms with Gasteiger partial charge in [0.25, 0.3) is 0 Å². The number of rotatable bonds is 1. The van der Waals surface area contributed by atoms with Crippen LogP contribution in [0.15, 0.2) is 16.6 Å². The molecule has 0 bridgehead atoms. The number of fused-ring (bicyclic) bond motifs is 1. The molecule has 0 fully saturated rings. The van der Waals surface area contributed by atoms with Crippen LogP contribution < -0.4 is 5.73 Å². The fraction of sp³-hybridized carbons (Fsp3) is 0.300. The van der Waals surface area contributed by atoms with E-state index >= 15 is 0 Å². The third-order valence-corrected chi connectivity index (χ3v) is 2.84. The summed E-state index contributed by atoms with van der Waals surface area (Å²) in [5, 5.41) is 5.55. The summed E-state index contributed by atoms with van der Waals surface area (Å²) in [6.07, 6.45) is 0. The molecule has 2 rings (SSSR count). The van der Waals surface area contributed by atoms with Crippen molar-refractivity contribution in [2.24, 2.45) is 12.8 Å². The number of aromatic nitrogens is 2. The molecule has 0 aliphatic heterocycles. The predicted molar refractivity (Wildman–Crippen MR) is 61.0 cm³/mol. The number of nitrogens with two attached hydrogens (primary N) is 1. The molecule has 0 radical (unpaired) electrons. The standard InChI is InChI=1S/C10H12BrN3/c1-6-9-4-8(11)3-7(5-12)10(9)14(2)13-6/h3-4H,5,12H2,1-2H3. The van der Waals surface area contributed by atoms with E-state index < -0.39 is 0 Å².